The first-order valence-corrected chi connectivity index (χ1v) is 6.68. The number of halogens is 2. The molecule has 0 spiro atoms. The Morgan fingerprint density at radius 2 is 2.05 bits per heavy atom. The molecule has 0 bridgehead atoms. The van der Waals surface area contributed by atoms with E-state index in [4.69, 9.17) is 4.74 Å². The molecule has 1 unspecified atom stereocenters. The van der Waals surface area contributed by atoms with E-state index in [1.807, 2.05) is 0 Å². The Balaban J connectivity index is 2.56. The number of rotatable bonds is 3. The average Bonchev–Trinajstić information content (AvgIpc) is 2.23. The Morgan fingerprint density at radius 1 is 1.42 bits per heavy atom. The fourth-order valence-electron chi connectivity index (χ4n) is 1.40. The monoisotopic (exact) mass is 332 g/mol. The van der Waals surface area contributed by atoms with Crippen molar-refractivity contribution in [1.29, 1.82) is 0 Å². The lowest BCUT2D eigenvalue weighted by molar-refractivity contribution is 0.0489. The van der Waals surface area contributed by atoms with E-state index >= 15 is 0 Å². The Bertz CT molecular complexity index is 460. The Hall–Kier alpha value is -1.14. The van der Waals surface area contributed by atoms with Crippen LogP contribution in [0.4, 0.5) is 9.18 Å². The van der Waals surface area contributed by atoms with Crippen LogP contribution < -0.4 is 10.9 Å². The van der Waals surface area contributed by atoms with Gasteiger partial charge in [0.05, 0.1) is 6.04 Å². The molecule has 2 N–H and O–H groups in total. The molecule has 4 nitrogen and oxygen atoms in total. The van der Waals surface area contributed by atoms with Gasteiger partial charge in [0.15, 0.2) is 0 Å². The highest BCUT2D eigenvalue weighted by Crippen LogP contribution is 2.20. The largest absolute Gasteiger partial charge is 0.443 e. The zero-order valence-electron chi connectivity index (χ0n) is 11.4. The summed E-state index contributed by atoms with van der Waals surface area (Å²) < 4.78 is 19.4. The Morgan fingerprint density at radius 3 is 2.58 bits per heavy atom. The fourth-order valence-corrected chi connectivity index (χ4v) is 1.73. The van der Waals surface area contributed by atoms with E-state index in [-0.39, 0.29) is 11.9 Å². The van der Waals surface area contributed by atoms with Gasteiger partial charge in [-0.2, -0.15) is 0 Å². The summed E-state index contributed by atoms with van der Waals surface area (Å²) >= 11 is 3.19. The first-order valence-electron chi connectivity index (χ1n) is 5.88. The molecule has 6 heteroatoms. The number of carbonyl (C=O) groups is 1. The predicted molar refractivity (Wildman–Crippen MR) is 75.0 cm³/mol. The topological polar surface area (TPSA) is 50.4 Å². The van der Waals surface area contributed by atoms with Gasteiger partial charge in [0.1, 0.15) is 11.4 Å². The summed E-state index contributed by atoms with van der Waals surface area (Å²) in [7, 11) is 0. The molecule has 0 aliphatic carbocycles. The molecule has 0 aliphatic rings. The number of ether oxygens (including phenoxy) is 1. The number of nitrogens with one attached hydrogen (secondary N) is 2. The zero-order chi connectivity index (χ0) is 14.6. The van der Waals surface area contributed by atoms with Crippen molar-refractivity contribution in [2.75, 3.05) is 0 Å². The molecule has 0 aromatic heterocycles. The van der Waals surface area contributed by atoms with Gasteiger partial charge in [-0.1, -0.05) is 22.0 Å². The number of benzene rings is 1. The van der Waals surface area contributed by atoms with Gasteiger partial charge in [0, 0.05) is 10.0 Å². The molecule has 1 rings (SSSR count). The number of carbonyl (C=O) groups excluding carboxylic acids is 1. The lowest BCUT2D eigenvalue weighted by Gasteiger charge is -2.21. The molecule has 1 aromatic carbocycles. The second-order valence-electron chi connectivity index (χ2n) is 5.16. The Labute approximate surface area is 120 Å². The smallest absolute Gasteiger partial charge is 0.422 e. The van der Waals surface area contributed by atoms with Gasteiger partial charge in [-0.15, -0.1) is 0 Å². The van der Waals surface area contributed by atoms with E-state index in [0.29, 0.717) is 10.0 Å². The maximum atomic E-state index is 13.7. The second kappa shape index (κ2) is 6.34. The summed E-state index contributed by atoms with van der Waals surface area (Å²) in [5.74, 6) is -0.347. The van der Waals surface area contributed by atoms with E-state index in [1.54, 1.807) is 39.8 Å². The van der Waals surface area contributed by atoms with Crippen LogP contribution in [0.1, 0.15) is 39.3 Å². The summed E-state index contributed by atoms with van der Waals surface area (Å²) in [6.07, 6.45) is -0.600. The van der Waals surface area contributed by atoms with Crippen molar-refractivity contribution in [2.24, 2.45) is 0 Å². The molecule has 1 amide bonds. The summed E-state index contributed by atoms with van der Waals surface area (Å²) in [6.45, 7) is 7.04. The first-order chi connectivity index (χ1) is 8.69. The number of amides is 1. The fraction of sp³-hybridized carbons (Fsp3) is 0.462. The molecule has 0 aliphatic heterocycles. The Kier molecular flexibility index (Phi) is 5.31. The third kappa shape index (κ3) is 5.57. The van der Waals surface area contributed by atoms with Crippen LogP contribution in [0, 0.1) is 5.82 Å². The third-order valence-corrected chi connectivity index (χ3v) is 2.71. The van der Waals surface area contributed by atoms with Crippen LogP contribution in [0.25, 0.3) is 0 Å². The van der Waals surface area contributed by atoms with E-state index in [0.717, 1.165) is 0 Å². The molecular weight excluding hydrogens is 315 g/mol. The maximum Gasteiger partial charge on any atom is 0.422 e. The van der Waals surface area contributed by atoms with Gasteiger partial charge in [-0.3, -0.25) is 5.43 Å². The van der Waals surface area contributed by atoms with Crippen molar-refractivity contribution in [3.63, 3.8) is 0 Å². The van der Waals surface area contributed by atoms with Crippen molar-refractivity contribution in [1.82, 2.24) is 10.9 Å². The van der Waals surface area contributed by atoms with Crippen LogP contribution in [0.2, 0.25) is 0 Å². The molecule has 0 radical (unpaired) electrons. The highest BCUT2D eigenvalue weighted by molar-refractivity contribution is 9.10. The molecule has 1 aromatic rings. The quantitative estimate of drug-likeness (QED) is 0.830. The summed E-state index contributed by atoms with van der Waals surface area (Å²) in [4.78, 5) is 11.4. The van der Waals surface area contributed by atoms with Crippen molar-refractivity contribution in [3.8, 4) is 0 Å². The SMILES string of the molecule is CC(NNC(=O)OC(C)(C)C)c1ccc(Br)cc1F. The summed E-state index contributed by atoms with van der Waals surface area (Å²) in [5.41, 5.74) is 4.98. The van der Waals surface area contributed by atoms with Crippen LogP contribution >= 0.6 is 15.9 Å². The van der Waals surface area contributed by atoms with E-state index in [2.05, 4.69) is 26.8 Å². The minimum absolute atomic E-state index is 0.347. The number of hydrogen-bond donors (Lipinski definition) is 2. The van der Waals surface area contributed by atoms with Crippen molar-refractivity contribution >= 4 is 22.0 Å². The molecule has 0 fully saturated rings. The zero-order valence-corrected chi connectivity index (χ0v) is 13.0. The molecular formula is C13H18BrFN2O2. The van der Waals surface area contributed by atoms with Crippen molar-refractivity contribution in [3.05, 3.63) is 34.1 Å². The van der Waals surface area contributed by atoms with Crippen LogP contribution in [0.15, 0.2) is 22.7 Å². The van der Waals surface area contributed by atoms with E-state index in [9.17, 15) is 9.18 Å². The predicted octanol–water partition coefficient (Wildman–Crippen LogP) is 3.68. The summed E-state index contributed by atoms with van der Waals surface area (Å²) in [6, 6.07) is 4.39. The molecule has 0 heterocycles. The number of hydrazine groups is 1. The third-order valence-electron chi connectivity index (χ3n) is 2.22. The first kappa shape index (κ1) is 15.9. The molecule has 0 saturated carbocycles. The van der Waals surface area contributed by atoms with Crippen LogP contribution in [-0.2, 0) is 4.74 Å². The van der Waals surface area contributed by atoms with Gasteiger partial charge in [0.2, 0.25) is 0 Å². The maximum absolute atomic E-state index is 13.7. The highest BCUT2D eigenvalue weighted by Gasteiger charge is 2.17. The molecule has 1 atom stereocenters. The number of hydrogen-bond acceptors (Lipinski definition) is 3. The lowest BCUT2D eigenvalue weighted by atomic mass is 10.1. The van der Waals surface area contributed by atoms with E-state index < -0.39 is 11.7 Å². The van der Waals surface area contributed by atoms with E-state index in [1.165, 1.54) is 6.07 Å². The van der Waals surface area contributed by atoms with Crippen LogP contribution in [0.3, 0.4) is 0 Å². The molecule has 0 saturated heterocycles. The normalized spacial score (nSPS) is 12.9. The van der Waals surface area contributed by atoms with Gasteiger partial charge >= 0.3 is 6.09 Å². The van der Waals surface area contributed by atoms with Gasteiger partial charge in [0.25, 0.3) is 0 Å². The average molecular weight is 333 g/mol. The van der Waals surface area contributed by atoms with Crippen LogP contribution in [-0.4, -0.2) is 11.7 Å². The standard InChI is InChI=1S/C13H18BrFN2O2/c1-8(10-6-5-9(14)7-11(10)15)16-17-12(18)19-13(2,3)4/h5-8,16H,1-4H3,(H,17,18). The lowest BCUT2D eigenvalue weighted by Crippen LogP contribution is -2.42. The molecule has 106 valence electrons. The highest BCUT2D eigenvalue weighted by atomic mass is 79.9. The van der Waals surface area contributed by atoms with Crippen molar-refractivity contribution in [2.45, 2.75) is 39.3 Å². The second-order valence-corrected chi connectivity index (χ2v) is 6.07. The summed E-state index contributed by atoms with van der Waals surface area (Å²) in [5, 5.41) is 0. The van der Waals surface area contributed by atoms with Gasteiger partial charge in [-0.05, 0) is 39.8 Å². The van der Waals surface area contributed by atoms with Gasteiger partial charge < -0.3 is 4.74 Å². The van der Waals surface area contributed by atoms with Crippen molar-refractivity contribution < 1.29 is 13.9 Å². The van der Waals surface area contributed by atoms with Gasteiger partial charge in [-0.25, -0.2) is 14.6 Å². The van der Waals surface area contributed by atoms with Crippen LogP contribution in [0.5, 0.6) is 0 Å². The minimum Gasteiger partial charge on any atom is -0.443 e. The molecule has 19 heavy (non-hydrogen) atoms. The minimum atomic E-state index is -0.600.